The monoisotopic (exact) mass is 338 g/mol. The number of carbonyl (C=O) groups is 1. The first-order valence-corrected chi connectivity index (χ1v) is 8.11. The Bertz CT molecular complexity index is 469. The summed E-state index contributed by atoms with van der Waals surface area (Å²) in [5.41, 5.74) is 0.618. The molecule has 0 spiro atoms. The van der Waals surface area contributed by atoms with Crippen molar-refractivity contribution in [2.24, 2.45) is 5.92 Å². The van der Waals surface area contributed by atoms with Gasteiger partial charge in [0.15, 0.2) is 0 Å². The van der Waals surface area contributed by atoms with Gasteiger partial charge in [0.2, 0.25) is 0 Å². The maximum Gasteiger partial charge on any atom is 0.338 e. The number of hydrogen-bond acceptors (Lipinski definition) is 3. The molecule has 2 aliphatic rings. The Morgan fingerprint density at radius 2 is 1.90 bits per heavy atom. The molecular weight excluding hydrogens is 320 g/mol. The summed E-state index contributed by atoms with van der Waals surface area (Å²) in [6.07, 6.45) is 5.81. The topological polar surface area (TPSA) is 35.5 Å². The lowest BCUT2D eigenvalue weighted by molar-refractivity contribution is -0.113. The van der Waals surface area contributed by atoms with Gasteiger partial charge in [-0.05, 0) is 37.1 Å². The Hall–Kier alpha value is -0.870. The Balaban J connectivity index is 1.66. The molecule has 1 aliphatic carbocycles. The fourth-order valence-corrected chi connectivity index (χ4v) is 3.51. The van der Waals surface area contributed by atoms with Gasteiger partial charge in [0.25, 0.3) is 0 Å². The van der Waals surface area contributed by atoms with Crippen molar-refractivity contribution in [2.45, 2.75) is 44.3 Å². The number of hydrogen-bond donors (Lipinski definition) is 0. The SMILES string of the molecule is O=C(OC1CCOC2CCCCC21)c1ccc(Br)cc1. The van der Waals surface area contributed by atoms with E-state index in [1.165, 1.54) is 12.8 Å². The molecule has 108 valence electrons. The third kappa shape index (κ3) is 3.07. The van der Waals surface area contributed by atoms with E-state index in [2.05, 4.69) is 15.9 Å². The number of rotatable bonds is 2. The number of halogens is 1. The molecule has 0 bridgehead atoms. The van der Waals surface area contributed by atoms with Gasteiger partial charge >= 0.3 is 5.97 Å². The molecule has 3 nitrogen and oxygen atoms in total. The fourth-order valence-electron chi connectivity index (χ4n) is 3.25. The van der Waals surface area contributed by atoms with Gasteiger partial charge in [0, 0.05) is 16.8 Å². The average Bonchev–Trinajstić information content (AvgIpc) is 2.48. The molecule has 1 heterocycles. The van der Waals surface area contributed by atoms with Gasteiger partial charge < -0.3 is 9.47 Å². The van der Waals surface area contributed by atoms with E-state index in [9.17, 15) is 4.79 Å². The molecule has 20 heavy (non-hydrogen) atoms. The highest BCUT2D eigenvalue weighted by Crippen LogP contribution is 2.35. The lowest BCUT2D eigenvalue weighted by Crippen LogP contribution is -2.43. The number of carbonyl (C=O) groups excluding carboxylic acids is 1. The highest BCUT2D eigenvalue weighted by molar-refractivity contribution is 9.10. The summed E-state index contributed by atoms with van der Waals surface area (Å²) in [7, 11) is 0. The van der Waals surface area contributed by atoms with E-state index in [-0.39, 0.29) is 12.1 Å². The zero-order chi connectivity index (χ0) is 13.9. The predicted octanol–water partition coefficient (Wildman–Crippen LogP) is 3.95. The zero-order valence-electron chi connectivity index (χ0n) is 11.4. The van der Waals surface area contributed by atoms with Crippen LogP contribution in [0.25, 0.3) is 0 Å². The van der Waals surface area contributed by atoms with Crippen LogP contribution in [0.4, 0.5) is 0 Å². The van der Waals surface area contributed by atoms with Gasteiger partial charge in [-0.15, -0.1) is 0 Å². The number of benzene rings is 1. The number of esters is 1. The number of ether oxygens (including phenoxy) is 2. The highest BCUT2D eigenvalue weighted by Gasteiger charge is 2.38. The van der Waals surface area contributed by atoms with Crippen LogP contribution in [0.5, 0.6) is 0 Å². The molecule has 1 aromatic carbocycles. The predicted molar refractivity (Wildman–Crippen MR) is 79.7 cm³/mol. The van der Waals surface area contributed by atoms with E-state index in [0.29, 0.717) is 24.2 Å². The van der Waals surface area contributed by atoms with E-state index < -0.39 is 0 Å². The van der Waals surface area contributed by atoms with Crippen LogP contribution >= 0.6 is 15.9 Å². The van der Waals surface area contributed by atoms with Crippen molar-refractivity contribution in [1.82, 2.24) is 0 Å². The minimum absolute atomic E-state index is 0.0187. The molecule has 3 unspecified atom stereocenters. The van der Waals surface area contributed by atoms with Crippen LogP contribution in [0.2, 0.25) is 0 Å². The lowest BCUT2D eigenvalue weighted by atomic mass is 9.80. The second kappa shape index (κ2) is 6.27. The maximum atomic E-state index is 12.2. The highest BCUT2D eigenvalue weighted by atomic mass is 79.9. The van der Waals surface area contributed by atoms with Crippen LogP contribution in [0.15, 0.2) is 28.7 Å². The standard InChI is InChI=1S/C16H19BrO3/c17-12-7-5-11(6-8-12)16(18)20-15-9-10-19-14-4-2-1-3-13(14)15/h5-8,13-15H,1-4,9-10H2. The molecule has 0 amide bonds. The molecule has 4 heteroatoms. The summed E-state index contributed by atoms with van der Waals surface area (Å²) in [6.45, 7) is 0.708. The van der Waals surface area contributed by atoms with Crippen LogP contribution in [-0.4, -0.2) is 24.8 Å². The first kappa shape index (κ1) is 14.1. The normalized spacial score (nSPS) is 29.6. The van der Waals surface area contributed by atoms with E-state index in [0.717, 1.165) is 23.7 Å². The Morgan fingerprint density at radius 3 is 2.70 bits per heavy atom. The van der Waals surface area contributed by atoms with Gasteiger partial charge in [-0.3, -0.25) is 0 Å². The largest absolute Gasteiger partial charge is 0.458 e. The average molecular weight is 339 g/mol. The zero-order valence-corrected chi connectivity index (χ0v) is 13.0. The summed E-state index contributed by atoms with van der Waals surface area (Å²) in [5.74, 6) is 0.172. The Morgan fingerprint density at radius 1 is 1.15 bits per heavy atom. The van der Waals surface area contributed by atoms with Crippen molar-refractivity contribution in [3.8, 4) is 0 Å². The summed E-state index contributed by atoms with van der Waals surface area (Å²) in [5, 5.41) is 0. The van der Waals surface area contributed by atoms with Crippen LogP contribution in [0.3, 0.4) is 0 Å². The van der Waals surface area contributed by atoms with E-state index in [4.69, 9.17) is 9.47 Å². The van der Waals surface area contributed by atoms with Gasteiger partial charge in [0.05, 0.1) is 18.3 Å². The Labute approximate surface area is 127 Å². The Kier molecular flexibility index (Phi) is 4.41. The van der Waals surface area contributed by atoms with Gasteiger partial charge in [-0.2, -0.15) is 0 Å². The van der Waals surface area contributed by atoms with Gasteiger partial charge in [-0.25, -0.2) is 4.79 Å². The van der Waals surface area contributed by atoms with E-state index in [1.807, 2.05) is 12.1 Å². The first-order chi connectivity index (χ1) is 9.74. The first-order valence-electron chi connectivity index (χ1n) is 7.32. The van der Waals surface area contributed by atoms with E-state index >= 15 is 0 Å². The third-order valence-corrected chi connectivity index (χ3v) is 4.83. The second-order valence-corrected chi connectivity index (χ2v) is 6.51. The van der Waals surface area contributed by atoms with Crippen LogP contribution in [0, 0.1) is 5.92 Å². The molecule has 2 fully saturated rings. The van der Waals surface area contributed by atoms with Crippen LogP contribution < -0.4 is 0 Å². The molecule has 3 atom stereocenters. The minimum Gasteiger partial charge on any atom is -0.458 e. The van der Waals surface area contributed by atoms with Crippen LogP contribution in [-0.2, 0) is 9.47 Å². The maximum absolute atomic E-state index is 12.2. The summed E-state index contributed by atoms with van der Waals surface area (Å²) in [6, 6.07) is 7.32. The number of fused-ring (bicyclic) bond motifs is 1. The molecule has 1 saturated carbocycles. The van der Waals surface area contributed by atoms with E-state index in [1.54, 1.807) is 12.1 Å². The second-order valence-electron chi connectivity index (χ2n) is 5.60. The van der Waals surface area contributed by atoms with Crippen molar-refractivity contribution >= 4 is 21.9 Å². The van der Waals surface area contributed by atoms with Crippen molar-refractivity contribution in [1.29, 1.82) is 0 Å². The smallest absolute Gasteiger partial charge is 0.338 e. The van der Waals surface area contributed by atoms with Crippen LogP contribution in [0.1, 0.15) is 42.5 Å². The third-order valence-electron chi connectivity index (χ3n) is 4.30. The van der Waals surface area contributed by atoms with Crippen molar-refractivity contribution in [3.63, 3.8) is 0 Å². The molecule has 3 rings (SSSR count). The quantitative estimate of drug-likeness (QED) is 0.766. The molecule has 1 saturated heterocycles. The molecule has 0 N–H and O–H groups in total. The molecule has 1 aliphatic heterocycles. The lowest BCUT2D eigenvalue weighted by Gasteiger charge is -2.40. The van der Waals surface area contributed by atoms with Crippen molar-refractivity contribution in [3.05, 3.63) is 34.3 Å². The van der Waals surface area contributed by atoms with Crippen molar-refractivity contribution < 1.29 is 14.3 Å². The summed E-state index contributed by atoms with van der Waals surface area (Å²) in [4.78, 5) is 12.2. The molecule has 0 aromatic heterocycles. The van der Waals surface area contributed by atoms with Crippen molar-refractivity contribution in [2.75, 3.05) is 6.61 Å². The molecule has 1 aromatic rings. The summed E-state index contributed by atoms with van der Waals surface area (Å²) >= 11 is 3.37. The molecular formula is C16H19BrO3. The fraction of sp³-hybridized carbons (Fsp3) is 0.562. The van der Waals surface area contributed by atoms with Gasteiger partial charge in [-0.1, -0.05) is 28.8 Å². The summed E-state index contributed by atoms with van der Waals surface area (Å²) < 4.78 is 12.5. The van der Waals surface area contributed by atoms with Gasteiger partial charge in [0.1, 0.15) is 6.10 Å². The minimum atomic E-state index is -0.214. The molecule has 0 radical (unpaired) electrons.